The van der Waals surface area contributed by atoms with E-state index in [1.807, 2.05) is 0 Å². The van der Waals surface area contributed by atoms with Crippen molar-refractivity contribution in [3.05, 3.63) is 63.7 Å². The number of ether oxygens (including phenoxy) is 3. The number of anilines is 1. The molecule has 0 aliphatic carbocycles. The maximum absolute atomic E-state index is 13.0. The minimum absolute atomic E-state index is 0.0775. The van der Waals surface area contributed by atoms with Gasteiger partial charge in [0.1, 0.15) is 5.57 Å². The van der Waals surface area contributed by atoms with Gasteiger partial charge in [-0.05, 0) is 31.2 Å². The van der Waals surface area contributed by atoms with Crippen LogP contribution in [0.3, 0.4) is 0 Å². The summed E-state index contributed by atoms with van der Waals surface area (Å²) in [6, 6.07) is 10.8. The summed E-state index contributed by atoms with van der Waals surface area (Å²) in [4.78, 5) is 23.4. The summed E-state index contributed by atoms with van der Waals surface area (Å²) >= 11 is 0. The number of non-ortho nitro benzene ring substituents is 1. The summed E-state index contributed by atoms with van der Waals surface area (Å²) in [5.41, 5.74) is 1.16. The second kappa shape index (κ2) is 8.42. The van der Waals surface area contributed by atoms with Crippen LogP contribution < -0.4 is 14.5 Å². The van der Waals surface area contributed by atoms with Crippen LogP contribution in [0, 0.1) is 10.1 Å². The van der Waals surface area contributed by atoms with E-state index in [0.29, 0.717) is 29.4 Å². The average Bonchev–Trinajstić information content (AvgIpc) is 3.03. The van der Waals surface area contributed by atoms with Gasteiger partial charge in [-0.25, -0.2) is 0 Å². The molecule has 9 heteroatoms. The molecule has 0 fully saturated rings. The van der Waals surface area contributed by atoms with Crippen molar-refractivity contribution in [2.24, 2.45) is 5.10 Å². The molecule has 1 amide bonds. The first kappa shape index (κ1) is 19.9. The minimum Gasteiger partial charge on any atom is -0.493 e. The van der Waals surface area contributed by atoms with Gasteiger partial charge < -0.3 is 14.2 Å². The fourth-order valence-electron chi connectivity index (χ4n) is 2.83. The molecule has 1 aliphatic rings. The average molecular weight is 397 g/mol. The molecule has 0 saturated heterocycles. The van der Waals surface area contributed by atoms with E-state index >= 15 is 0 Å². The molecule has 0 saturated carbocycles. The number of rotatable bonds is 6. The number of benzene rings is 2. The van der Waals surface area contributed by atoms with Crippen LogP contribution in [0.25, 0.3) is 6.08 Å². The Kier molecular flexibility index (Phi) is 5.77. The van der Waals surface area contributed by atoms with Gasteiger partial charge in [0.15, 0.2) is 11.5 Å². The highest BCUT2D eigenvalue weighted by atomic mass is 16.6. The number of hydrazone groups is 1. The van der Waals surface area contributed by atoms with Crippen molar-refractivity contribution in [3.63, 3.8) is 0 Å². The van der Waals surface area contributed by atoms with Crippen LogP contribution in [0.5, 0.6) is 11.5 Å². The molecular formula is C20H19N3O6. The van der Waals surface area contributed by atoms with Crippen LogP contribution in [0.15, 0.2) is 53.1 Å². The Morgan fingerprint density at radius 1 is 1.14 bits per heavy atom. The number of hydrogen-bond donors (Lipinski definition) is 0. The molecular weight excluding hydrogens is 378 g/mol. The Morgan fingerprint density at radius 2 is 1.86 bits per heavy atom. The lowest BCUT2D eigenvalue weighted by atomic mass is 10.1. The molecule has 0 radical (unpaired) electrons. The van der Waals surface area contributed by atoms with Gasteiger partial charge in [0.2, 0.25) is 5.90 Å². The first-order chi connectivity index (χ1) is 14.0. The van der Waals surface area contributed by atoms with Crippen molar-refractivity contribution in [2.75, 3.05) is 25.8 Å². The third-order valence-corrected chi connectivity index (χ3v) is 4.16. The zero-order chi connectivity index (χ0) is 21.0. The first-order valence-corrected chi connectivity index (χ1v) is 8.73. The highest BCUT2D eigenvalue weighted by Gasteiger charge is 2.33. The smallest absolute Gasteiger partial charge is 0.284 e. The van der Waals surface area contributed by atoms with Crippen molar-refractivity contribution in [1.82, 2.24) is 0 Å². The molecule has 2 aromatic rings. The predicted octanol–water partition coefficient (Wildman–Crippen LogP) is 3.39. The molecule has 1 aliphatic heterocycles. The highest BCUT2D eigenvalue weighted by molar-refractivity contribution is 6.30. The SMILES string of the molecule is CCOC1=NN(c2ccc([N+](=O)[O-])cc2)C(=O)/C1=C/c1cccc(OC)c1OC. The van der Waals surface area contributed by atoms with Crippen molar-refractivity contribution in [3.8, 4) is 11.5 Å². The molecule has 0 atom stereocenters. The zero-order valence-corrected chi connectivity index (χ0v) is 16.1. The third kappa shape index (κ3) is 3.88. The maximum atomic E-state index is 13.0. The van der Waals surface area contributed by atoms with E-state index in [-0.39, 0.29) is 17.2 Å². The molecule has 29 heavy (non-hydrogen) atoms. The summed E-state index contributed by atoms with van der Waals surface area (Å²) in [7, 11) is 3.04. The van der Waals surface area contributed by atoms with Crippen molar-refractivity contribution >= 4 is 29.3 Å². The number of nitro benzene ring substituents is 1. The summed E-state index contributed by atoms with van der Waals surface area (Å²) in [6.07, 6.45) is 1.61. The van der Waals surface area contributed by atoms with Gasteiger partial charge in [-0.2, -0.15) is 5.01 Å². The van der Waals surface area contributed by atoms with Crippen LogP contribution in [0.1, 0.15) is 12.5 Å². The number of carbonyl (C=O) groups excluding carboxylic acids is 1. The fourth-order valence-corrected chi connectivity index (χ4v) is 2.83. The molecule has 0 aromatic heterocycles. The van der Waals surface area contributed by atoms with Gasteiger partial charge in [0, 0.05) is 17.7 Å². The Morgan fingerprint density at radius 3 is 2.45 bits per heavy atom. The molecule has 1 heterocycles. The van der Waals surface area contributed by atoms with Gasteiger partial charge in [0.25, 0.3) is 11.6 Å². The molecule has 9 nitrogen and oxygen atoms in total. The molecule has 3 rings (SSSR count). The standard InChI is InChI=1S/C20H19N3O6/c1-4-29-19-16(12-13-6-5-7-17(27-2)18(13)28-3)20(24)22(21-19)14-8-10-15(11-9-14)23(25)26/h5-12H,4H2,1-3H3/b16-12+. The van der Waals surface area contributed by atoms with Crippen LogP contribution in [-0.2, 0) is 9.53 Å². The van der Waals surface area contributed by atoms with Crippen LogP contribution in [0.2, 0.25) is 0 Å². The lowest BCUT2D eigenvalue weighted by molar-refractivity contribution is -0.384. The minimum atomic E-state index is -0.509. The zero-order valence-electron chi connectivity index (χ0n) is 16.1. The number of nitro groups is 1. The van der Waals surface area contributed by atoms with Crippen LogP contribution in [0.4, 0.5) is 11.4 Å². The van der Waals surface area contributed by atoms with E-state index in [1.165, 1.54) is 38.5 Å². The summed E-state index contributed by atoms with van der Waals surface area (Å²) in [5, 5.41) is 16.2. The quantitative estimate of drug-likeness (QED) is 0.420. The molecule has 150 valence electrons. The van der Waals surface area contributed by atoms with Gasteiger partial charge in [-0.3, -0.25) is 14.9 Å². The van der Waals surface area contributed by atoms with E-state index in [9.17, 15) is 14.9 Å². The second-order valence-electron chi connectivity index (χ2n) is 5.87. The summed E-state index contributed by atoms with van der Waals surface area (Å²) in [6.45, 7) is 2.10. The Bertz CT molecular complexity index is 998. The number of para-hydroxylation sites is 1. The van der Waals surface area contributed by atoms with E-state index in [4.69, 9.17) is 14.2 Å². The van der Waals surface area contributed by atoms with E-state index in [1.54, 1.807) is 31.2 Å². The topological polar surface area (TPSA) is 104 Å². The Hall–Kier alpha value is -3.88. The van der Waals surface area contributed by atoms with Gasteiger partial charge in [-0.1, -0.05) is 12.1 Å². The molecule has 0 spiro atoms. The maximum Gasteiger partial charge on any atom is 0.284 e. The summed E-state index contributed by atoms with van der Waals surface area (Å²) in [5.74, 6) is 0.724. The monoisotopic (exact) mass is 397 g/mol. The number of amides is 1. The predicted molar refractivity (Wildman–Crippen MR) is 107 cm³/mol. The number of nitrogens with zero attached hydrogens (tertiary/aromatic N) is 3. The number of methoxy groups -OCH3 is 2. The summed E-state index contributed by atoms with van der Waals surface area (Å²) < 4.78 is 16.3. The van der Waals surface area contributed by atoms with Crippen molar-refractivity contribution < 1.29 is 23.9 Å². The first-order valence-electron chi connectivity index (χ1n) is 8.73. The highest BCUT2D eigenvalue weighted by Crippen LogP contribution is 2.34. The number of carbonyl (C=O) groups is 1. The molecule has 0 bridgehead atoms. The molecule has 0 N–H and O–H groups in total. The van der Waals surface area contributed by atoms with E-state index < -0.39 is 10.8 Å². The molecule has 2 aromatic carbocycles. The molecule has 0 unspecified atom stereocenters. The van der Waals surface area contributed by atoms with E-state index in [2.05, 4.69) is 5.10 Å². The van der Waals surface area contributed by atoms with Gasteiger partial charge in [0.05, 0.1) is 31.4 Å². The lowest BCUT2D eigenvalue weighted by Crippen LogP contribution is -2.21. The fraction of sp³-hybridized carbons (Fsp3) is 0.200. The third-order valence-electron chi connectivity index (χ3n) is 4.16. The van der Waals surface area contributed by atoms with Crippen LogP contribution >= 0.6 is 0 Å². The van der Waals surface area contributed by atoms with Crippen molar-refractivity contribution in [2.45, 2.75) is 6.92 Å². The second-order valence-corrected chi connectivity index (χ2v) is 5.87. The van der Waals surface area contributed by atoms with Crippen LogP contribution in [-0.4, -0.2) is 37.6 Å². The van der Waals surface area contributed by atoms with E-state index in [0.717, 1.165) is 5.01 Å². The largest absolute Gasteiger partial charge is 0.493 e. The Labute approximate surface area is 166 Å². The van der Waals surface area contributed by atoms with Crippen molar-refractivity contribution in [1.29, 1.82) is 0 Å². The Balaban J connectivity index is 2.02. The van der Waals surface area contributed by atoms with Gasteiger partial charge >= 0.3 is 0 Å². The lowest BCUT2D eigenvalue weighted by Gasteiger charge is -2.12. The number of hydrogen-bond acceptors (Lipinski definition) is 7. The van der Waals surface area contributed by atoms with Gasteiger partial charge in [-0.15, -0.1) is 5.10 Å². The normalized spacial score (nSPS) is 14.7.